The first kappa shape index (κ1) is 16.9. The van der Waals surface area contributed by atoms with Gasteiger partial charge in [-0.25, -0.2) is 0 Å². The largest absolute Gasteiger partial charge is 0.354 e. The van der Waals surface area contributed by atoms with E-state index in [1.165, 1.54) is 6.92 Å². The molecule has 0 saturated heterocycles. The van der Waals surface area contributed by atoms with Crippen LogP contribution in [0.25, 0.3) is 10.9 Å². The number of rotatable bonds is 6. The summed E-state index contributed by atoms with van der Waals surface area (Å²) in [4.78, 5) is 30.0. The van der Waals surface area contributed by atoms with E-state index in [1.807, 2.05) is 44.2 Å². The van der Waals surface area contributed by atoms with Crippen molar-refractivity contribution < 1.29 is 9.59 Å². The summed E-state index contributed by atoms with van der Waals surface area (Å²) in [6.45, 7) is 5.84. The molecule has 2 rings (SSSR count). The summed E-state index contributed by atoms with van der Waals surface area (Å²) in [5, 5.41) is 3.89. The van der Waals surface area contributed by atoms with Crippen LogP contribution < -0.4 is 10.2 Å². The van der Waals surface area contributed by atoms with E-state index < -0.39 is 0 Å². The molecule has 2 amide bonds. The van der Waals surface area contributed by atoms with Crippen molar-refractivity contribution in [2.24, 2.45) is 0 Å². The highest BCUT2D eigenvalue weighted by atomic mass is 16.2. The summed E-state index contributed by atoms with van der Waals surface area (Å²) in [6.07, 6.45) is 2.86. The molecule has 0 aliphatic rings. The van der Waals surface area contributed by atoms with E-state index >= 15 is 0 Å². The molecule has 1 N–H and O–H groups in total. The Hall–Kier alpha value is -2.43. The summed E-state index contributed by atoms with van der Waals surface area (Å²) < 4.78 is 0. The molecule has 0 saturated carbocycles. The lowest BCUT2D eigenvalue weighted by molar-refractivity contribution is -0.121. The SMILES string of the molecule is CCC(C)NC(=O)CCN(C(C)=O)c1cccc2cccnc12. The molecule has 0 radical (unpaired) electrons. The first-order valence-corrected chi connectivity index (χ1v) is 7.94. The fraction of sp³-hybridized carbons (Fsp3) is 0.389. The number of hydrogen-bond acceptors (Lipinski definition) is 3. The number of fused-ring (bicyclic) bond motifs is 1. The van der Waals surface area contributed by atoms with Crippen LogP contribution in [0.2, 0.25) is 0 Å². The second kappa shape index (κ2) is 7.72. The number of benzene rings is 1. The van der Waals surface area contributed by atoms with Crippen molar-refractivity contribution in [3.8, 4) is 0 Å². The zero-order valence-electron chi connectivity index (χ0n) is 13.9. The lowest BCUT2D eigenvalue weighted by Gasteiger charge is -2.22. The van der Waals surface area contributed by atoms with Crippen molar-refractivity contribution in [1.82, 2.24) is 10.3 Å². The second-order valence-electron chi connectivity index (χ2n) is 5.65. The molecule has 0 fully saturated rings. The molecule has 1 heterocycles. The summed E-state index contributed by atoms with van der Waals surface area (Å²) in [6, 6.07) is 9.69. The van der Waals surface area contributed by atoms with Gasteiger partial charge in [0.15, 0.2) is 0 Å². The van der Waals surface area contributed by atoms with Crippen molar-refractivity contribution in [1.29, 1.82) is 0 Å². The number of hydrogen-bond donors (Lipinski definition) is 1. The van der Waals surface area contributed by atoms with Gasteiger partial charge in [0, 0.05) is 37.5 Å². The van der Waals surface area contributed by atoms with Crippen LogP contribution in [0, 0.1) is 0 Å². The number of nitrogens with zero attached hydrogens (tertiary/aromatic N) is 2. The highest BCUT2D eigenvalue weighted by molar-refractivity contribution is 6.01. The molecule has 122 valence electrons. The van der Waals surface area contributed by atoms with Gasteiger partial charge < -0.3 is 10.2 Å². The van der Waals surface area contributed by atoms with Gasteiger partial charge in [-0.3, -0.25) is 14.6 Å². The van der Waals surface area contributed by atoms with Gasteiger partial charge in [-0.1, -0.05) is 25.1 Å². The van der Waals surface area contributed by atoms with E-state index in [-0.39, 0.29) is 24.3 Å². The summed E-state index contributed by atoms with van der Waals surface area (Å²) in [5.74, 6) is -0.140. The van der Waals surface area contributed by atoms with Gasteiger partial charge in [0.2, 0.25) is 11.8 Å². The molecule has 0 aliphatic heterocycles. The Morgan fingerprint density at radius 1 is 1.26 bits per heavy atom. The van der Waals surface area contributed by atoms with Gasteiger partial charge in [0.1, 0.15) is 0 Å². The molecule has 1 unspecified atom stereocenters. The number of nitrogens with one attached hydrogen (secondary N) is 1. The molecular formula is C18H23N3O2. The first-order valence-electron chi connectivity index (χ1n) is 7.94. The van der Waals surface area contributed by atoms with Gasteiger partial charge in [0.25, 0.3) is 0 Å². The van der Waals surface area contributed by atoms with Gasteiger partial charge >= 0.3 is 0 Å². The minimum absolute atomic E-state index is 0.0428. The van der Waals surface area contributed by atoms with E-state index in [1.54, 1.807) is 11.1 Å². The third-order valence-corrected chi connectivity index (χ3v) is 3.86. The minimum atomic E-state index is -0.0977. The monoisotopic (exact) mass is 313 g/mol. The third kappa shape index (κ3) is 4.28. The molecular weight excluding hydrogens is 290 g/mol. The maximum absolute atomic E-state index is 12.0. The maximum Gasteiger partial charge on any atom is 0.223 e. The van der Waals surface area contributed by atoms with E-state index in [0.29, 0.717) is 6.54 Å². The average Bonchev–Trinajstić information content (AvgIpc) is 2.54. The minimum Gasteiger partial charge on any atom is -0.354 e. The number of anilines is 1. The van der Waals surface area contributed by atoms with Crippen LogP contribution in [-0.4, -0.2) is 29.4 Å². The Balaban J connectivity index is 2.18. The fourth-order valence-electron chi connectivity index (χ4n) is 2.42. The number of para-hydroxylation sites is 1. The van der Waals surface area contributed by atoms with Crippen LogP contribution in [0.3, 0.4) is 0 Å². The molecule has 0 bridgehead atoms. The summed E-state index contributed by atoms with van der Waals surface area (Å²) >= 11 is 0. The van der Waals surface area contributed by atoms with Gasteiger partial charge in [-0.2, -0.15) is 0 Å². The van der Waals surface area contributed by atoms with Crippen LogP contribution in [0.1, 0.15) is 33.6 Å². The Morgan fingerprint density at radius 2 is 2.00 bits per heavy atom. The van der Waals surface area contributed by atoms with Crippen LogP contribution in [0.15, 0.2) is 36.5 Å². The van der Waals surface area contributed by atoms with Crippen molar-refractivity contribution in [2.75, 3.05) is 11.4 Å². The van der Waals surface area contributed by atoms with Crippen molar-refractivity contribution in [3.05, 3.63) is 36.5 Å². The average molecular weight is 313 g/mol. The molecule has 0 aliphatic carbocycles. The summed E-state index contributed by atoms with van der Waals surface area (Å²) in [5.41, 5.74) is 1.51. The second-order valence-corrected chi connectivity index (χ2v) is 5.65. The molecule has 0 spiro atoms. The lowest BCUT2D eigenvalue weighted by Crippen LogP contribution is -2.37. The van der Waals surface area contributed by atoms with E-state index in [9.17, 15) is 9.59 Å². The summed E-state index contributed by atoms with van der Waals surface area (Å²) in [7, 11) is 0. The lowest BCUT2D eigenvalue weighted by atomic mass is 10.1. The molecule has 1 aromatic carbocycles. The smallest absolute Gasteiger partial charge is 0.223 e. The van der Waals surface area contributed by atoms with Crippen LogP contribution >= 0.6 is 0 Å². The quantitative estimate of drug-likeness (QED) is 0.892. The highest BCUT2D eigenvalue weighted by Crippen LogP contribution is 2.25. The Bertz CT molecular complexity index is 694. The Kier molecular flexibility index (Phi) is 5.68. The van der Waals surface area contributed by atoms with Gasteiger partial charge in [-0.05, 0) is 25.5 Å². The van der Waals surface area contributed by atoms with Crippen LogP contribution in [-0.2, 0) is 9.59 Å². The standard InChI is InChI=1S/C18H23N3O2/c1-4-13(2)20-17(23)10-12-21(14(3)22)16-9-5-7-15-8-6-11-19-18(15)16/h5-9,11,13H,4,10,12H2,1-3H3,(H,20,23). The predicted octanol–water partition coefficient (Wildman–Crippen LogP) is 2.89. The van der Waals surface area contributed by atoms with E-state index in [2.05, 4.69) is 10.3 Å². The van der Waals surface area contributed by atoms with E-state index in [0.717, 1.165) is 23.0 Å². The Labute approximate surface area is 136 Å². The van der Waals surface area contributed by atoms with Crippen molar-refractivity contribution in [2.45, 2.75) is 39.7 Å². The molecule has 5 nitrogen and oxygen atoms in total. The normalized spacial score (nSPS) is 12.0. The highest BCUT2D eigenvalue weighted by Gasteiger charge is 2.16. The molecule has 5 heteroatoms. The zero-order chi connectivity index (χ0) is 16.8. The van der Waals surface area contributed by atoms with Crippen molar-refractivity contribution >= 4 is 28.4 Å². The van der Waals surface area contributed by atoms with Crippen LogP contribution in [0.4, 0.5) is 5.69 Å². The maximum atomic E-state index is 12.0. The van der Waals surface area contributed by atoms with Gasteiger partial charge in [-0.15, -0.1) is 0 Å². The topological polar surface area (TPSA) is 62.3 Å². The number of amides is 2. The number of carbonyl (C=O) groups is 2. The van der Waals surface area contributed by atoms with Gasteiger partial charge in [0.05, 0.1) is 11.2 Å². The van der Waals surface area contributed by atoms with Crippen LogP contribution in [0.5, 0.6) is 0 Å². The Morgan fingerprint density at radius 3 is 2.70 bits per heavy atom. The predicted molar refractivity (Wildman–Crippen MR) is 92.3 cm³/mol. The molecule has 1 aromatic heterocycles. The first-order chi connectivity index (χ1) is 11.0. The number of carbonyl (C=O) groups excluding carboxylic acids is 2. The van der Waals surface area contributed by atoms with E-state index in [4.69, 9.17) is 0 Å². The fourth-order valence-corrected chi connectivity index (χ4v) is 2.42. The third-order valence-electron chi connectivity index (χ3n) is 3.86. The number of aromatic nitrogens is 1. The molecule has 1 atom stereocenters. The zero-order valence-corrected chi connectivity index (χ0v) is 13.9. The number of pyridine rings is 1. The van der Waals surface area contributed by atoms with Crippen molar-refractivity contribution in [3.63, 3.8) is 0 Å². The molecule has 2 aromatic rings. The molecule has 23 heavy (non-hydrogen) atoms.